The molecule has 0 spiro atoms. The van der Waals surface area contributed by atoms with Crippen molar-refractivity contribution in [1.82, 2.24) is 4.98 Å². The second-order valence-corrected chi connectivity index (χ2v) is 7.13. The quantitative estimate of drug-likeness (QED) is 0.849. The molecule has 2 nitrogen and oxygen atoms in total. The van der Waals surface area contributed by atoms with Crippen molar-refractivity contribution in [3.63, 3.8) is 0 Å². The van der Waals surface area contributed by atoms with Crippen molar-refractivity contribution >= 4 is 27.7 Å². The van der Waals surface area contributed by atoms with Crippen LogP contribution < -0.4 is 5.73 Å². The molecule has 3 rings (SSSR count). The highest BCUT2D eigenvalue weighted by Gasteiger charge is 2.28. The molecule has 20 heavy (non-hydrogen) atoms. The number of thioether (sulfide) groups is 1. The van der Waals surface area contributed by atoms with Crippen molar-refractivity contribution in [2.75, 3.05) is 5.75 Å². The summed E-state index contributed by atoms with van der Waals surface area (Å²) in [6, 6.07) is 12.7. The predicted octanol–water partition coefficient (Wildman–Crippen LogP) is 3.99. The van der Waals surface area contributed by atoms with Crippen LogP contribution >= 0.6 is 27.7 Å². The molecule has 0 saturated heterocycles. The van der Waals surface area contributed by atoms with Crippen molar-refractivity contribution in [2.24, 2.45) is 5.73 Å². The number of nitrogens with two attached hydrogens (primary N) is 1. The second kappa shape index (κ2) is 6.29. The van der Waals surface area contributed by atoms with Crippen LogP contribution in [0.2, 0.25) is 0 Å². The van der Waals surface area contributed by atoms with Gasteiger partial charge in [0.25, 0.3) is 0 Å². The van der Waals surface area contributed by atoms with E-state index in [0.717, 1.165) is 23.1 Å². The molecule has 2 aromatic rings. The molecular formula is C16H17BrN2S. The highest BCUT2D eigenvalue weighted by molar-refractivity contribution is 9.10. The van der Waals surface area contributed by atoms with Crippen molar-refractivity contribution < 1.29 is 0 Å². The summed E-state index contributed by atoms with van der Waals surface area (Å²) < 4.78 is 1.11. The zero-order chi connectivity index (χ0) is 13.9. The molecule has 1 aliphatic rings. The van der Waals surface area contributed by atoms with Gasteiger partial charge >= 0.3 is 0 Å². The Labute approximate surface area is 132 Å². The van der Waals surface area contributed by atoms with Crippen LogP contribution in [0.25, 0.3) is 0 Å². The molecule has 0 bridgehead atoms. The summed E-state index contributed by atoms with van der Waals surface area (Å²) >= 11 is 5.32. The van der Waals surface area contributed by atoms with Crippen LogP contribution in [0.15, 0.2) is 52.0 Å². The topological polar surface area (TPSA) is 38.9 Å². The van der Waals surface area contributed by atoms with E-state index in [2.05, 4.69) is 45.2 Å². The average molecular weight is 349 g/mol. The number of rotatable bonds is 4. The molecule has 0 fully saturated rings. The molecule has 1 heterocycles. The molecule has 1 aromatic carbocycles. The minimum atomic E-state index is 0.162. The first-order chi connectivity index (χ1) is 9.74. The molecule has 1 aromatic heterocycles. The fraction of sp³-hybridized carbons (Fsp3) is 0.312. The monoisotopic (exact) mass is 348 g/mol. The Balaban J connectivity index is 1.65. The maximum absolute atomic E-state index is 6.41. The van der Waals surface area contributed by atoms with Gasteiger partial charge in [-0.2, -0.15) is 0 Å². The molecule has 0 aliphatic heterocycles. The van der Waals surface area contributed by atoms with Crippen LogP contribution in [0.4, 0.5) is 0 Å². The number of pyridine rings is 1. The lowest BCUT2D eigenvalue weighted by Crippen LogP contribution is -2.30. The second-order valence-electron chi connectivity index (χ2n) is 5.13. The van der Waals surface area contributed by atoms with Crippen LogP contribution in [-0.2, 0) is 6.42 Å². The van der Waals surface area contributed by atoms with Gasteiger partial charge in [0.1, 0.15) is 0 Å². The van der Waals surface area contributed by atoms with Crippen molar-refractivity contribution in [2.45, 2.75) is 29.7 Å². The minimum absolute atomic E-state index is 0.162. The van der Waals surface area contributed by atoms with Gasteiger partial charge in [-0.25, -0.2) is 0 Å². The van der Waals surface area contributed by atoms with Gasteiger partial charge in [0.05, 0.1) is 0 Å². The summed E-state index contributed by atoms with van der Waals surface area (Å²) in [6.07, 6.45) is 4.13. The number of fused-ring (bicyclic) bond motifs is 1. The summed E-state index contributed by atoms with van der Waals surface area (Å²) in [7, 11) is 0. The molecule has 4 heteroatoms. The molecule has 0 saturated carbocycles. The molecule has 0 amide bonds. The predicted molar refractivity (Wildman–Crippen MR) is 88.1 cm³/mol. The highest BCUT2D eigenvalue weighted by atomic mass is 79.9. The average Bonchev–Trinajstić information content (AvgIpc) is 2.89. The van der Waals surface area contributed by atoms with Gasteiger partial charge in [-0.3, -0.25) is 4.98 Å². The largest absolute Gasteiger partial charge is 0.326 e. The van der Waals surface area contributed by atoms with Crippen LogP contribution in [0.5, 0.6) is 0 Å². The Morgan fingerprint density at radius 1 is 1.35 bits per heavy atom. The third-order valence-corrected chi connectivity index (χ3v) is 5.39. The Hall–Kier alpha value is -0.840. The number of halogens is 1. The number of hydrogen-bond acceptors (Lipinski definition) is 3. The zero-order valence-corrected chi connectivity index (χ0v) is 13.5. The van der Waals surface area contributed by atoms with Crippen molar-refractivity contribution in [1.29, 1.82) is 0 Å². The SMILES string of the molecule is NC(CSc1cccc(Br)c1)C1CCc2cccnc21. The summed E-state index contributed by atoms with van der Waals surface area (Å²) in [5.74, 6) is 1.34. The first-order valence-corrected chi connectivity index (χ1v) is 8.59. The van der Waals surface area contributed by atoms with E-state index in [-0.39, 0.29) is 6.04 Å². The van der Waals surface area contributed by atoms with Crippen LogP contribution in [0.1, 0.15) is 23.6 Å². The van der Waals surface area contributed by atoms with Crippen LogP contribution in [0, 0.1) is 0 Å². The molecule has 104 valence electrons. The number of hydrogen-bond donors (Lipinski definition) is 1. The maximum Gasteiger partial charge on any atom is 0.0482 e. The van der Waals surface area contributed by atoms with E-state index in [1.165, 1.54) is 16.2 Å². The standard InChI is InChI=1S/C16H17BrN2S/c17-12-4-1-5-13(9-12)20-10-15(18)14-7-6-11-3-2-8-19-16(11)14/h1-5,8-9,14-15H,6-7,10,18H2. The fourth-order valence-corrected chi connectivity index (χ4v) is 4.28. The first-order valence-electron chi connectivity index (χ1n) is 6.82. The summed E-state index contributed by atoms with van der Waals surface area (Å²) in [5.41, 5.74) is 9.00. The van der Waals surface area contributed by atoms with E-state index in [9.17, 15) is 0 Å². The molecular weight excluding hydrogens is 332 g/mol. The fourth-order valence-electron chi connectivity index (χ4n) is 2.73. The zero-order valence-electron chi connectivity index (χ0n) is 11.1. The van der Waals surface area contributed by atoms with Gasteiger partial charge in [0, 0.05) is 39.0 Å². The Morgan fingerprint density at radius 2 is 2.25 bits per heavy atom. The highest BCUT2D eigenvalue weighted by Crippen LogP contribution is 2.35. The Kier molecular flexibility index (Phi) is 4.44. The van der Waals surface area contributed by atoms with Crippen LogP contribution in [0.3, 0.4) is 0 Å². The summed E-state index contributed by atoms with van der Waals surface area (Å²) in [6.45, 7) is 0. The number of nitrogens with zero attached hydrogens (tertiary/aromatic N) is 1. The van der Waals surface area contributed by atoms with Crippen molar-refractivity contribution in [3.8, 4) is 0 Å². The summed E-state index contributed by atoms with van der Waals surface area (Å²) in [4.78, 5) is 5.79. The lowest BCUT2D eigenvalue weighted by Gasteiger charge is -2.19. The van der Waals surface area contributed by atoms with Gasteiger partial charge in [-0.15, -0.1) is 11.8 Å². The van der Waals surface area contributed by atoms with Gasteiger partial charge < -0.3 is 5.73 Å². The van der Waals surface area contributed by atoms with E-state index in [1.54, 1.807) is 0 Å². The number of aryl methyl sites for hydroxylation is 1. The molecule has 0 radical (unpaired) electrons. The van der Waals surface area contributed by atoms with Gasteiger partial charge in [-0.1, -0.05) is 28.1 Å². The molecule has 2 N–H and O–H groups in total. The van der Waals surface area contributed by atoms with Gasteiger partial charge in [0.2, 0.25) is 0 Å². The molecule has 2 unspecified atom stereocenters. The lowest BCUT2D eigenvalue weighted by atomic mass is 9.99. The van der Waals surface area contributed by atoms with E-state index >= 15 is 0 Å². The first kappa shape index (κ1) is 14.1. The van der Waals surface area contributed by atoms with Gasteiger partial charge in [-0.05, 0) is 42.7 Å². The van der Waals surface area contributed by atoms with Crippen LogP contribution in [-0.4, -0.2) is 16.8 Å². The number of aromatic nitrogens is 1. The van der Waals surface area contributed by atoms with Crippen molar-refractivity contribution in [3.05, 3.63) is 58.3 Å². The Morgan fingerprint density at radius 3 is 3.10 bits per heavy atom. The van der Waals surface area contributed by atoms with Gasteiger partial charge in [0.15, 0.2) is 0 Å². The summed E-state index contributed by atoms with van der Waals surface area (Å²) in [5, 5.41) is 0. The smallest absolute Gasteiger partial charge is 0.0482 e. The van der Waals surface area contributed by atoms with E-state index < -0.39 is 0 Å². The normalized spacial score (nSPS) is 18.8. The van der Waals surface area contributed by atoms with E-state index in [1.807, 2.05) is 30.1 Å². The minimum Gasteiger partial charge on any atom is -0.326 e. The lowest BCUT2D eigenvalue weighted by molar-refractivity contribution is 0.561. The van der Waals surface area contributed by atoms with E-state index in [4.69, 9.17) is 5.73 Å². The molecule has 1 aliphatic carbocycles. The Bertz CT molecular complexity index is 603. The maximum atomic E-state index is 6.41. The number of benzene rings is 1. The third-order valence-electron chi connectivity index (χ3n) is 3.76. The third kappa shape index (κ3) is 3.08. The van der Waals surface area contributed by atoms with E-state index in [0.29, 0.717) is 5.92 Å². The molecule has 2 atom stereocenters.